The summed E-state index contributed by atoms with van der Waals surface area (Å²) in [5.74, 6) is 0. The molecule has 13 heavy (non-hydrogen) atoms. The van der Waals surface area contributed by atoms with Crippen LogP contribution >= 0.6 is 0 Å². The van der Waals surface area contributed by atoms with Gasteiger partial charge in [-0.05, 0) is 0 Å². The van der Waals surface area contributed by atoms with Gasteiger partial charge in [0.1, 0.15) is 0 Å². The van der Waals surface area contributed by atoms with Crippen LogP contribution in [0, 0.1) is 7.43 Å². The SMILES string of the molecule is CC[N-]C(C)CC(C)[N-]CC.[CH3-].[Zn]. The summed E-state index contributed by atoms with van der Waals surface area (Å²) in [6.07, 6.45) is 1.10. The molecule has 0 aromatic rings. The molecule has 0 bridgehead atoms. The Bertz CT molecular complexity index is 79.0. The summed E-state index contributed by atoms with van der Waals surface area (Å²) in [6.45, 7) is 10.3. The summed E-state index contributed by atoms with van der Waals surface area (Å²) in [5, 5.41) is 8.77. The zero-order chi connectivity index (χ0) is 8.69. The van der Waals surface area contributed by atoms with Gasteiger partial charge >= 0.3 is 0 Å². The molecular formula is C10H23N2Zn-3. The molecule has 0 aromatic carbocycles. The van der Waals surface area contributed by atoms with Crippen molar-refractivity contribution in [3.8, 4) is 0 Å². The Kier molecular flexibility index (Phi) is 18.5. The maximum Gasteiger partial charge on any atom is 0 e. The predicted octanol–water partition coefficient (Wildman–Crippen LogP) is 3.39. The normalized spacial score (nSPS) is 13.8. The predicted molar refractivity (Wildman–Crippen MR) is 57.8 cm³/mol. The summed E-state index contributed by atoms with van der Waals surface area (Å²) in [6, 6.07) is 0.954. The average molecular weight is 237 g/mol. The quantitative estimate of drug-likeness (QED) is 0.500. The Hall–Kier alpha value is 0.543. The first-order valence-electron chi connectivity index (χ1n) is 4.53. The van der Waals surface area contributed by atoms with E-state index in [1.54, 1.807) is 0 Å². The molecule has 0 heterocycles. The van der Waals surface area contributed by atoms with Gasteiger partial charge in [0, 0.05) is 19.5 Å². The summed E-state index contributed by atoms with van der Waals surface area (Å²) in [4.78, 5) is 0. The van der Waals surface area contributed by atoms with Gasteiger partial charge < -0.3 is 18.1 Å². The van der Waals surface area contributed by atoms with Crippen molar-refractivity contribution >= 4 is 0 Å². The molecule has 2 atom stereocenters. The fourth-order valence-electron chi connectivity index (χ4n) is 1.27. The minimum absolute atomic E-state index is 0. The molecule has 0 aliphatic heterocycles. The molecule has 0 N–H and O–H groups in total. The summed E-state index contributed by atoms with van der Waals surface area (Å²) in [7, 11) is 0. The first-order chi connectivity index (χ1) is 5.20. The summed E-state index contributed by atoms with van der Waals surface area (Å²) in [5.41, 5.74) is 0. The van der Waals surface area contributed by atoms with E-state index in [9.17, 15) is 0 Å². The smallest absolute Gasteiger partial charge is 0 e. The molecule has 0 saturated carbocycles. The third-order valence-electron chi connectivity index (χ3n) is 1.67. The molecule has 0 saturated heterocycles. The molecule has 3 heteroatoms. The molecule has 0 aliphatic rings. The van der Waals surface area contributed by atoms with Crippen LogP contribution in [-0.4, -0.2) is 25.2 Å². The second kappa shape index (κ2) is 12.5. The minimum atomic E-state index is 0. The first kappa shape index (κ1) is 19.2. The molecule has 78 valence electrons. The fourth-order valence-corrected chi connectivity index (χ4v) is 1.27. The van der Waals surface area contributed by atoms with Crippen molar-refractivity contribution < 1.29 is 19.5 Å². The second-order valence-corrected chi connectivity index (χ2v) is 2.93. The number of nitrogens with zero attached hydrogens (tertiary/aromatic N) is 2. The number of hydrogen-bond acceptors (Lipinski definition) is 0. The zero-order valence-corrected chi connectivity index (χ0v) is 12.8. The largest absolute Gasteiger partial charge is 0.660 e. The van der Waals surface area contributed by atoms with Gasteiger partial charge in [0.05, 0.1) is 0 Å². The van der Waals surface area contributed by atoms with Crippen molar-refractivity contribution in [2.45, 2.75) is 46.2 Å². The molecule has 2 unspecified atom stereocenters. The van der Waals surface area contributed by atoms with Gasteiger partial charge in [-0.3, -0.25) is 0 Å². The van der Waals surface area contributed by atoms with Crippen molar-refractivity contribution in [3.63, 3.8) is 0 Å². The molecule has 0 amide bonds. The van der Waals surface area contributed by atoms with E-state index in [-0.39, 0.29) is 26.9 Å². The number of rotatable bonds is 6. The molecule has 2 nitrogen and oxygen atoms in total. The van der Waals surface area contributed by atoms with Crippen molar-refractivity contribution in [1.29, 1.82) is 0 Å². The third-order valence-corrected chi connectivity index (χ3v) is 1.67. The van der Waals surface area contributed by atoms with Gasteiger partial charge in [-0.1, -0.05) is 34.1 Å². The van der Waals surface area contributed by atoms with E-state index < -0.39 is 0 Å². The maximum absolute atomic E-state index is 4.39. The van der Waals surface area contributed by atoms with E-state index in [4.69, 9.17) is 0 Å². The van der Waals surface area contributed by atoms with E-state index in [0.29, 0.717) is 12.1 Å². The summed E-state index contributed by atoms with van der Waals surface area (Å²) >= 11 is 0. The van der Waals surface area contributed by atoms with Crippen LogP contribution in [0.4, 0.5) is 0 Å². The van der Waals surface area contributed by atoms with Crippen LogP contribution in [0.15, 0.2) is 0 Å². The Morgan fingerprint density at radius 2 is 1.23 bits per heavy atom. The van der Waals surface area contributed by atoms with Crippen molar-refractivity contribution in [3.05, 3.63) is 18.1 Å². The number of hydrogen-bond donors (Lipinski definition) is 0. The standard InChI is InChI=1S/C9H20N2.CH3.Zn/c1-5-10-8(3)7-9(4)11-6-2;;/h8-9H,5-7H2,1-4H3;1H3;/q-2;-1;. The molecule has 0 spiro atoms. The molecule has 0 radical (unpaired) electrons. The van der Waals surface area contributed by atoms with E-state index in [2.05, 4.69) is 38.3 Å². The van der Waals surface area contributed by atoms with Crippen LogP contribution in [0.25, 0.3) is 10.6 Å². The Balaban J connectivity index is -0.000000500. The van der Waals surface area contributed by atoms with Crippen LogP contribution in [-0.2, 0) is 19.5 Å². The van der Waals surface area contributed by atoms with E-state index in [0.717, 1.165) is 19.5 Å². The zero-order valence-electron chi connectivity index (χ0n) is 9.88. The van der Waals surface area contributed by atoms with Gasteiger partial charge in [-0.2, -0.15) is 13.1 Å². The Morgan fingerprint density at radius 3 is 1.46 bits per heavy atom. The second-order valence-electron chi connectivity index (χ2n) is 2.93. The molecule has 0 aliphatic carbocycles. The molecule has 0 aromatic heterocycles. The monoisotopic (exact) mass is 235 g/mol. The first-order valence-corrected chi connectivity index (χ1v) is 4.53. The van der Waals surface area contributed by atoms with Gasteiger partial charge in [0.15, 0.2) is 0 Å². The van der Waals surface area contributed by atoms with E-state index >= 15 is 0 Å². The van der Waals surface area contributed by atoms with Crippen LogP contribution in [0.1, 0.15) is 34.1 Å². The van der Waals surface area contributed by atoms with Gasteiger partial charge in [0.25, 0.3) is 0 Å². The van der Waals surface area contributed by atoms with Gasteiger partial charge in [0.2, 0.25) is 0 Å². The summed E-state index contributed by atoms with van der Waals surface area (Å²) < 4.78 is 0. The molecule has 0 rings (SSSR count). The molecule has 0 fully saturated rings. The van der Waals surface area contributed by atoms with Gasteiger partial charge in [-0.25, -0.2) is 0 Å². The minimum Gasteiger partial charge on any atom is -0.660 e. The van der Waals surface area contributed by atoms with Crippen molar-refractivity contribution in [2.75, 3.05) is 13.1 Å². The van der Waals surface area contributed by atoms with E-state index in [1.807, 2.05) is 0 Å². The van der Waals surface area contributed by atoms with Crippen LogP contribution in [0.3, 0.4) is 0 Å². The van der Waals surface area contributed by atoms with Crippen LogP contribution < -0.4 is 0 Å². The Morgan fingerprint density at radius 1 is 0.923 bits per heavy atom. The topological polar surface area (TPSA) is 28.2 Å². The Labute approximate surface area is 97.0 Å². The fraction of sp³-hybridized carbons (Fsp3) is 0.900. The maximum atomic E-state index is 4.39. The van der Waals surface area contributed by atoms with Crippen molar-refractivity contribution in [2.24, 2.45) is 0 Å². The van der Waals surface area contributed by atoms with E-state index in [1.165, 1.54) is 0 Å². The third kappa shape index (κ3) is 12.5. The van der Waals surface area contributed by atoms with Crippen molar-refractivity contribution in [1.82, 2.24) is 0 Å². The molecular weight excluding hydrogens is 214 g/mol. The van der Waals surface area contributed by atoms with Gasteiger partial charge in [-0.15, -0.1) is 12.1 Å². The van der Waals surface area contributed by atoms with Crippen LogP contribution in [0.2, 0.25) is 0 Å². The average Bonchev–Trinajstić information content (AvgIpc) is 1.87. The van der Waals surface area contributed by atoms with Crippen LogP contribution in [0.5, 0.6) is 0 Å².